The van der Waals surface area contributed by atoms with Crippen molar-refractivity contribution in [2.75, 3.05) is 44.1 Å². The zero-order valence-corrected chi connectivity index (χ0v) is 13.1. The molecule has 21 heavy (non-hydrogen) atoms. The molecule has 0 aromatic heterocycles. The molecule has 3 aliphatic rings. The van der Waals surface area contributed by atoms with Crippen LogP contribution in [0.1, 0.15) is 12.8 Å². The summed E-state index contributed by atoms with van der Waals surface area (Å²) < 4.78 is 26.1. The number of para-hydroxylation sites is 1. The Morgan fingerprint density at radius 1 is 1.10 bits per heavy atom. The van der Waals surface area contributed by atoms with Gasteiger partial charge in [-0.15, -0.1) is 0 Å². The summed E-state index contributed by atoms with van der Waals surface area (Å²) in [5.41, 5.74) is 1.08. The summed E-state index contributed by atoms with van der Waals surface area (Å²) >= 11 is 0. The summed E-state index contributed by atoms with van der Waals surface area (Å²) in [6, 6.07) is 10.7. The van der Waals surface area contributed by atoms with Crippen LogP contribution in [0.5, 0.6) is 0 Å². The zero-order valence-electron chi connectivity index (χ0n) is 12.2. The molecule has 6 heteroatoms. The second-order valence-electron chi connectivity index (χ2n) is 5.96. The molecule has 0 unspecified atom stereocenters. The smallest absolute Gasteiger partial charge is 0.311 e. The van der Waals surface area contributed by atoms with Gasteiger partial charge in [-0.25, -0.2) is 9.34 Å². The van der Waals surface area contributed by atoms with E-state index in [0.29, 0.717) is 19.3 Å². The van der Waals surface area contributed by atoms with Crippen molar-refractivity contribution in [3.63, 3.8) is 0 Å². The summed E-state index contributed by atoms with van der Waals surface area (Å²) in [4.78, 5) is 0. The quantitative estimate of drug-likeness (QED) is 0.784. The van der Waals surface area contributed by atoms with E-state index in [9.17, 15) is 4.57 Å². The summed E-state index contributed by atoms with van der Waals surface area (Å²) in [5, 5.41) is 0. The van der Waals surface area contributed by atoms with Crippen LogP contribution in [0.15, 0.2) is 30.3 Å². The normalized spacial score (nSPS) is 34.3. The van der Waals surface area contributed by atoms with E-state index < -0.39 is 7.59 Å². The van der Waals surface area contributed by atoms with Crippen LogP contribution in [0.4, 0.5) is 5.69 Å². The maximum absolute atomic E-state index is 14.0. The second-order valence-corrected chi connectivity index (χ2v) is 8.54. The second kappa shape index (κ2) is 5.40. The first-order valence-electron chi connectivity index (χ1n) is 7.83. The first kappa shape index (κ1) is 13.8. The number of ether oxygens (including phenoxy) is 1. The highest BCUT2D eigenvalue weighted by Crippen LogP contribution is 2.64. The van der Waals surface area contributed by atoms with E-state index in [1.165, 1.54) is 6.42 Å². The molecule has 0 saturated carbocycles. The van der Waals surface area contributed by atoms with Gasteiger partial charge in [-0.3, -0.25) is 9.24 Å². The van der Waals surface area contributed by atoms with E-state index in [1.807, 2.05) is 18.2 Å². The van der Waals surface area contributed by atoms with E-state index in [4.69, 9.17) is 4.74 Å². The van der Waals surface area contributed by atoms with Gasteiger partial charge in [0.15, 0.2) is 0 Å². The van der Waals surface area contributed by atoms with Crippen molar-refractivity contribution < 1.29 is 9.30 Å². The summed E-state index contributed by atoms with van der Waals surface area (Å²) in [6.45, 7) is 4.76. The molecule has 1 aromatic carbocycles. The van der Waals surface area contributed by atoms with E-state index in [-0.39, 0.29) is 0 Å². The van der Waals surface area contributed by atoms with Gasteiger partial charge in [0.25, 0.3) is 0 Å². The van der Waals surface area contributed by atoms with Gasteiger partial charge in [-0.1, -0.05) is 18.2 Å². The molecule has 3 fully saturated rings. The molecule has 3 aliphatic heterocycles. The lowest BCUT2D eigenvalue weighted by Gasteiger charge is -2.40. The predicted molar refractivity (Wildman–Crippen MR) is 83.5 cm³/mol. The fraction of sp³-hybridized carbons (Fsp3) is 0.600. The van der Waals surface area contributed by atoms with Gasteiger partial charge in [-0.2, -0.15) is 0 Å². The van der Waals surface area contributed by atoms with Crippen molar-refractivity contribution in [2.45, 2.75) is 18.9 Å². The molecule has 1 aromatic rings. The molecule has 0 amide bonds. The maximum atomic E-state index is 14.0. The zero-order chi connectivity index (χ0) is 14.3. The lowest BCUT2D eigenvalue weighted by Crippen LogP contribution is -2.40. The van der Waals surface area contributed by atoms with Gasteiger partial charge in [-0.05, 0) is 25.0 Å². The third-order valence-electron chi connectivity index (χ3n) is 4.79. The van der Waals surface area contributed by atoms with Crippen LogP contribution in [0, 0.1) is 0 Å². The minimum atomic E-state index is -2.66. The largest absolute Gasteiger partial charge is 0.379 e. The third kappa shape index (κ3) is 2.15. The Kier molecular flexibility index (Phi) is 3.54. The predicted octanol–water partition coefficient (Wildman–Crippen LogP) is 2.41. The van der Waals surface area contributed by atoms with Crippen LogP contribution in [0.2, 0.25) is 0 Å². The molecule has 2 atom stereocenters. The number of rotatable bonds is 2. The standard InChI is InChI=1S/C15H22N3O2P/c19-21(16-9-11-20-12-10-16)17-8-4-7-15(17)13-18(21)14-5-2-1-3-6-14/h1-3,5-6,15H,4,7-13H2/t15-,21+/m0/s1. The summed E-state index contributed by atoms with van der Waals surface area (Å²) in [7, 11) is -2.66. The van der Waals surface area contributed by atoms with Crippen molar-refractivity contribution in [1.82, 2.24) is 9.34 Å². The van der Waals surface area contributed by atoms with Gasteiger partial charge in [0.2, 0.25) is 0 Å². The number of hydrogen-bond donors (Lipinski definition) is 0. The minimum absolute atomic E-state index is 0.443. The minimum Gasteiger partial charge on any atom is -0.379 e. The van der Waals surface area contributed by atoms with Crippen LogP contribution in [0.25, 0.3) is 0 Å². The van der Waals surface area contributed by atoms with Gasteiger partial charge >= 0.3 is 7.59 Å². The molecule has 0 radical (unpaired) electrons. The number of hydrogen-bond acceptors (Lipinski definition) is 2. The van der Waals surface area contributed by atoms with Crippen molar-refractivity contribution >= 4 is 13.3 Å². The van der Waals surface area contributed by atoms with Crippen LogP contribution in [0.3, 0.4) is 0 Å². The van der Waals surface area contributed by atoms with Crippen LogP contribution in [-0.2, 0) is 9.30 Å². The molecule has 4 rings (SSSR count). The fourth-order valence-electron chi connectivity index (χ4n) is 3.78. The van der Waals surface area contributed by atoms with Crippen molar-refractivity contribution in [2.24, 2.45) is 0 Å². The van der Waals surface area contributed by atoms with Gasteiger partial charge in [0.1, 0.15) is 0 Å². The van der Waals surface area contributed by atoms with E-state index >= 15 is 0 Å². The van der Waals surface area contributed by atoms with Crippen molar-refractivity contribution in [1.29, 1.82) is 0 Å². The molecule has 0 bridgehead atoms. The summed E-state index contributed by atoms with van der Waals surface area (Å²) in [6.07, 6.45) is 2.33. The molecule has 5 nitrogen and oxygen atoms in total. The Bertz CT molecular complexity index is 547. The SMILES string of the molecule is O=[P@@]1(N2CCOCC2)N(c2ccccc2)C[C@@H]2CCCN21. The van der Waals surface area contributed by atoms with Gasteiger partial charge in [0, 0.05) is 37.9 Å². The number of fused-ring (bicyclic) bond motifs is 1. The number of anilines is 1. The molecule has 114 valence electrons. The molecule has 0 N–H and O–H groups in total. The first-order valence-corrected chi connectivity index (χ1v) is 9.40. The van der Waals surface area contributed by atoms with Crippen molar-refractivity contribution in [3.05, 3.63) is 30.3 Å². The highest BCUT2D eigenvalue weighted by Gasteiger charge is 2.54. The van der Waals surface area contributed by atoms with Gasteiger partial charge < -0.3 is 4.74 Å². The fourth-order valence-corrected chi connectivity index (χ4v) is 7.22. The average Bonchev–Trinajstić information content (AvgIpc) is 3.12. The molecule has 0 aliphatic carbocycles. The number of benzene rings is 1. The molecule has 3 heterocycles. The van der Waals surface area contributed by atoms with Crippen molar-refractivity contribution in [3.8, 4) is 0 Å². The van der Waals surface area contributed by atoms with E-state index in [1.54, 1.807) is 0 Å². The number of morpholine rings is 1. The van der Waals surface area contributed by atoms with Gasteiger partial charge in [0.05, 0.1) is 13.2 Å². The van der Waals surface area contributed by atoms with Crippen LogP contribution in [-0.4, -0.2) is 54.8 Å². The Balaban J connectivity index is 1.73. The van der Waals surface area contributed by atoms with Crippen LogP contribution < -0.4 is 4.67 Å². The number of nitrogens with zero attached hydrogens (tertiary/aromatic N) is 3. The Morgan fingerprint density at radius 2 is 1.86 bits per heavy atom. The Morgan fingerprint density at radius 3 is 2.62 bits per heavy atom. The van der Waals surface area contributed by atoms with E-state index in [0.717, 1.165) is 38.3 Å². The molecule has 3 saturated heterocycles. The third-order valence-corrected chi connectivity index (χ3v) is 8.15. The van der Waals surface area contributed by atoms with E-state index in [2.05, 4.69) is 26.1 Å². The lowest BCUT2D eigenvalue weighted by molar-refractivity contribution is 0.0693. The lowest BCUT2D eigenvalue weighted by atomic mass is 10.2. The first-order chi connectivity index (χ1) is 10.3. The average molecular weight is 307 g/mol. The Hall–Kier alpha value is -0.870. The highest BCUT2D eigenvalue weighted by molar-refractivity contribution is 7.61. The highest BCUT2D eigenvalue weighted by atomic mass is 31.2. The monoisotopic (exact) mass is 307 g/mol. The molecular formula is C15H22N3O2P. The maximum Gasteiger partial charge on any atom is 0.311 e. The Labute approximate surface area is 126 Å². The topological polar surface area (TPSA) is 36.0 Å². The van der Waals surface area contributed by atoms with Crippen LogP contribution >= 0.6 is 7.59 Å². The molecular weight excluding hydrogens is 285 g/mol. The molecule has 0 spiro atoms. The summed E-state index contributed by atoms with van der Waals surface area (Å²) in [5.74, 6) is 0.